The first-order valence-corrected chi connectivity index (χ1v) is 3.90. The van der Waals surface area contributed by atoms with Gasteiger partial charge in [0.2, 0.25) is 0 Å². The second-order valence-corrected chi connectivity index (χ2v) is 2.96. The van der Waals surface area contributed by atoms with Gasteiger partial charge in [0.1, 0.15) is 11.6 Å². The molecule has 0 radical (unpaired) electrons. The lowest BCUT2D eigenvalue weighted by Gasteiger charge is -2.09. The van der Waals surface area contributed by atoms with Crippen molar-refractivity contribution in [2.24, 2.45) is 0 Å². The molecule has 0 aromatic heterocycles. The largest absolute Gasteiger partial charge is 0.481 e. The van der Waals surface area contributed by atoms with Crippen LogP contribution in [0.3, 0.4) is 0 Å². The number of carbonyl (C=O) groups is 1. The molecule has 0 saturated carbocycles. The molecule has 1 atom stereocenters. The number of benzene rings is 1. The third-order valence-electron chi connectivity index (χ3n) is 1.90. The minimum Gasteiger partial charge on any atom is -0.481 e. The maximum absolute atomic E-state index is 13.1. The van der Waals surface area contributed by atoms with Crippen LogP contribution >= 0.6 is 0 Å². The number of hydrogen-bond acceptors (Lipinski definition) is 2. The van der Waals surface area contributed by atoms with E-state index < -0.39 is 29.1 Å². The minimum absolute atomic E-state index is 0.0682. The van der Waals surface area contributed by atoms with Gasteiger partial charge in [-0.2, -0.15) is 0 Å². The van der Waals surface area contributed by atoms with Crippen LogP contribution in [0.15, 0.2) is 12.1 Å². The Morgan fingerprint density at radius 1 is 1.43 bits per heavy atom. The van der Waals surface area contributed by atoms with Crippen molar-refractivity contribution in [3.05, 3.63) is 29.3 Å². The van der Waals surface area contributed by atoms with E-state index >= 15 is 0 Å². The van der Waals surface area contributed by atoms with Gasteiger partial charge in [-0.3, -0.25) is 4.79 Å². The molecule has 14 heavy (non-hydrogen) atoms. The SMILES string of the molecule is CC(C(=O)O)c1c(F)cc(N)cc1F. The van der Waals surface area contributed by atoms with E-state index in [9.17, 15) is 13.6 Å². The molecular weight excluding hydrogens is 192 g/mol. The number of aliphatic carboxylic acids is 1. The molecule has 0 spiro atoms. The standard InChI is InChI=1S/C9H9F2NO2/c1-4(9(13)14)8-6(10)2-5(12)3-7(8)11/h2-4H,12H2,1H3,(H,13,14). The van der Waals surface area contributed by atoms with Crippen LogP contribution in [0.5, 0.6) is 0 Å². The quantitative estimate of drug-likeness (QED) is 0.716. The summed E-state index contributed by atoms with van der Waals surface area (Å²) in [6, 6.07) is 1.80. The molecule has 0 bridgehead atoms. The van der Waals surface area contributed by atoms with Crippen LogP contribution < -0.4 is 5.73 Å². The smallest absolute Gasteiger partial charge is 0.310 e. The molecule has 0 amide bonds. The van der Waals surface area contributed by atoms with Crippen molar-refractivity contribution in [1.29, 1.82) is 0 Å². The zero-order valence-corrected chi connectivity index (χ0v) is 7.42. The Balaban J connectivity index is 3.27. The number of nitrogen functional groups attached to an aromatic ring is 1. The van der Waals surface area contributed by atoms with E-state index in [4.69, 9.17) is 10.8 Å². The molecule has 0 heterocycles. The average Bonchev–Trinajstić information content (AvgIpc) is 2.01. The second kappa shape index (κ2) is 3.61. The highest BCUT2D eigenvalue weighted by molar-refractivity contribution is 5.76. The summed E-state index contributed by atoms with van der Waals surface area (Å²) < 4.78 is 26.3. The molecule has 1 rings (SSSR count). The van der Waals surface area contributed by atoms with Crippen molar-refractivity contribution in [3.8, 4) is 0 Å². The third kappa shape index (κ3) is 1.81. The van der Waals surface area contributed by atoms with Crippen molar-refractivity contribution in [2.75, 3.05) is 5.73 Å². The van der Waals surface area contributed by atoms with E-state index in [1.54, 1.807) is 0 Å². The van der Waals surface area contributed by atoms with Crippen molar-refractivity contribution in [2.45, 2.75) is 12.8 Å². The maximum Gasteiger partial charge on any atom is 0.310 e. The van der Waals surface area contributed by atoms with Crippen molar-refractivity contribution < 1.29 is 18.7 Å². The molecule has 0 aliphatic heterocycles. The van der Waals surface area contributed by atoms with Crippen molar-refractivity contribution in [3.63, 3.8) is 0 Å². The Morgan fingerprint density at radius 2 is 1.86 bits per heavy atom. The van der Waals surface area contributed by atoms with Gasteiger partial charge in [-0.25, -0.2) is 8.78 Å². The zero-order valence-electron chi connectivity index (χ0n) is 7.42. The fourth-order valence-corrected chi connectivity index (χ4v) is 1.14. The summed E-state index contributed by atoms with van der Waals surface area (Å²) in [6.07, 6.45) is 0. The summed E-state index contributed by atoms with van der Waals surface area (Å²) in [5, 5.41) is 8.59. The van der Waals surface area contributed by atoms with Gasteiger partial charge in [0.25, 0.3) is 0 Å². The normalized spacial score (nSPS) is 12.5. The molecule has 0 saturated heterocycles. The Bertz CT molecular complexity index is 356. The highest BCUT2D eigenvalue weighted by Crippen LogP contribution is 2.24. The third-order valence-corrected chi connectivity index (χ3v) is 1.90. The summed E-state index contributed by atoms with van der Waals surface area (Å²) >= 11 is 0. The molecule has 76 valence electrons. The molecule has 0 aliphatic rings. The number of anilines is 1. The molecule has 1 aromatic rings. The van der Waals surface area contributed by atoms with Crippen LogP contribution in [0.2, 0.25) is 0 Å². The first-order chi connectivity index (χ1) is 6.43. The van der Waals surface area contributed by atoms with Crippen LogP contribution in [0.4, 0.5) is 14.5 Å². The van der Waals surface area contributed by atoms with E-state index in [1.165, 1.54) is 6.92 Å². The Morgan fingerprint density at radius 3 is 2.21 bits per heavy atom. The number of carboxylic acid groups (broad SMARTS) is 1. The molecule has 1 aromatic carbocycles. The van der Waals surface area contributed by atoms with Gasteiger partial charge in [-0.15, -0.1) is 0 Å². The second-order valence-electron chi connectivity index (χ2n) is 2.96. The van der Waals surface area contributed by atoms with Gasteiger partial charge < -0.3 is 10.8 Å². The monoisotopic (exact) mass is 201 g/mol. The van der Waals surface area contributed by atoms with E-state index in [0.717, 1.165) is 12.1 Å². The molecular formula is C9H9F2NO2. The lowest BCUT2D eigenvalue weighted by molar-refractivity contribution is -0.138. The highest BCUT2D eigenvalue weighted by Gasteiger charge is 2.22. The summed E-state index contributed by atoms with van der Waals surface area (Å²) in [4.78, 5) is 10.5. The summed E-state index contributed by atoms with van der Waals surface area (Å²) in [7, 11) is 0. The Hall–Kier alpha value is -1.65. The Labute approximate surface area is 79.2 Å². The van der Waals surface area contributed by atoms with Crippen LogP contribution in [-0.4, -0.2) is 11.1 Å². The van der Waals surface area contributed by atoms with E-state index in [0.29, 0.717) is 0 Å². The first-order valence-electron chi connectivity index (χ1n) is 3.90. The zero-order chi connectivity index (χ0) is 10.9. The van der Waals surface area contributed by atoms with Gasteiger partial charge in [0, 0.05) is 11.3 Å². The molecule has 5 heteroatoms. The van der Waals surface area contributed by atoms with Gasteiger partial charge in [0.05, 0.1) is 5.92 Å². The molecule has 1 unspecified atom stereocenters. The van der Waals surface area contributed by atoms with E-state index in [2.05, 4.69) is 0 Å². The summed E-state index contributed by atoms with van der Waals surface area (Å²) in [5.74, 6) is -4.38. The first kappa shape index (κ1) is 10.4. The summed E-state index contributed by atoms with van der Waals surface area (Å²) in [6.45, 7) is 1.21. The fourth-order valence-electron chi connectivity index (χ4n) is 1.14. The number of hydrogen-bond donors (Lipinski definition) is 2. The maximum atomic E-state index is 13.1. The average molecular weight is 201 g/mol. The molecule has 0 aliphatic carbocycles. The van der Waals surface area contributed by atoms with Crippen LogP contribution in [0, 0.1) is 11.6 Å². The topological polar surface area (TPSA) is 63.3 Å². The number of rotatable bonds is 2. The number of carboxylic acids is 1. The molecule has 3 nitrogen and oxygen atoms in total. The predicted molar refractivity (Wildman–Crippen MR) is 46.8 cm³/mol. The lowest BCUT2D eigenvalue weighted by atomic mass is 10.00. The number of nitrogens with two attached hydrogens (primary N) is 1. The van der Waals surface area contributed by atoms with E-state index in [1.807, 2.05) is 0 Å². The predicted octanol–water partition coefficient (Wildman–Crippen LogP) is 1.74. The van der Waals surface area contributed by atoms with Crippen LogP contribution in [0.1, 0.15) is 18.4 Å². The van der Waals surface area contributed by atoms with Crippen molar-refractivity contribution >= 4 is 11.7 Å². The number of halogens is 2. The van der Waals surface area contributed by atoms with Gasteiger partial charge in [-0.05, 0) is 19.1 Å². The lowest BCUT2D eigenvalue weighted by Crippen LogP contribution is -2.12. The molecule has 0 fully saturated rings. The Kier molecular flexibility index (Phi) is 2.69. The molecule has 3 N–H and O–H groups in total. The van der Waals surface area contributed by atoms with Gasteiger partial charge in [-0.1, -0.05) is 0 Å². The van der Waals surface area contributed by atoms with Gasteiger partial charge >= 0.3 is 5.97 Å². The fraction of sp³-hybridized carbons (Fsp3) is 0.222. The van der Waals surface area contributed by atoms with Gasteiger partial charge in [0.15, 0.2) is 0 Å². The van der Waals surface area contributed by atoms with Crippen molar-refractivity contribution in [1.82, 2.24) is 0 Å². The van der Waals surface area contributed by atoms with E-state index in [-0.39, 0.29) is 5.69 Å². The summed E-state index contributed by atoms with van der Waals surface area (Å²) in [5.41, 5.74) is 4.64. The van der Waals surface area contributed by atoms with Crippen LogP contribution in [0.25, 0.3) is 0 Å². The minimum atomic E-state index is -1.28. The highest BCUT2D eigenvalue weighted by atomic mass is 19.1. The van der Waals surface area contributed by atoms with Crippen LogP contribution in [-0.2, 0) is 4.79 Å².